The zero-order valence-corrected chi connectivity index (χ0v) is 7.40. The van der Waals surface area contributed by atoms with E-state index in [2.05, 4.69) is 17.8 Å². The van der Waals surface area contributed by atoms with Gasteiger partial charge in [-0.15, -0.1) is 6.42 Å². The summed E-state index contributed by atoms with van der Waals surface area (Å²) >= 11 is 0. The van der Waals surface area contributed by atoms with Gasteiger partial charge in [-0.25, -0.2) is 0 Å². The largest absolute Gasteiger partial charge is 0.313 e. The zero-order valence-electron chi connectivity index (χ0n) is 7.40. The zero-order chi connectivity index (χ0) is 8.60. The lowest BCUT2D eigenvalue weighted by Crippen LogP contribution is -2.51. The average Bonchev–Trinajstić information content (AvgIpc) is 2.19. The van der Waals surface area contributed by atoms with E-state index in [4.69, 9.17) is 6.42 Å². The second-order valence-corrected chi connectivity index (χ2v) is 4.06. The van der Waals surface area contributed by atoms with Crippen LogP contribution in [0.3, 0.4) is 0 Å². The summed E-state index contributed by atoms with van der Waals surface area (Å²) in [7, 11) is 0. The summed E-state index contributed by atoms with van der Waals surface area (Å²) in [6.45, 7) is 5.04. The van der Waals surface area contributed by atoms with E-state index in [9.17, 15) is 0 Å². The van der Waals surface area contributed by atoms with Crippen molar-refractivity contribution in [3.63, 3.8) is 0 Å². The normalized spacial score (nSPS) is 39.1. The molecule has 64 valence electrons. The van der Waals surface area contributed by atoms with Gasteiger partial charge >= 0.3 is 0 Å². The number of hydrogen-bond donors (Lipinski definition) is 1. The number of rotatable bonds is 1. The summed E-state index contributed by atoms with van der Waals surface area (Å²) in [5.74, 6) is 2.72. The van der Waals surface area contributed by atoms with Crippen LogP contribution >= 0.6 is 0 Å². The monoisotopic (exact) mass is 161 g/mol. The molecule has 0 atom stereocenters. The lowest BCUT2D eigenvalue weighted by molar-refractivity contribution is 0.137. The van der Waals surface area contributed by atoms with Gasteiger partial charge in [-0.1, -0.05) is 12.5 Å². The first kappa shape index (κ1) is 7.89. The average molecular weight is 161 g/mol. The molecule has 3 aliphatic rings. The molecule has 0 spiro atoms. The molecule has 0 aromatic carbocycles. The molecule has 0 amide bonds. The minimum Gasteiger partial charge on any atom is -0.313 e. The molecule has 3 rings (SSSR count). The van der Waals surface area contributed by atoms with Crippen LogP contribution in [0.25, 0.3) is 0 Å². The Balaban J connectivity index is 2.20. The van der Waals surface area contributed by atoms with E-state index in [0.29, 0.717) is 0 Å². The molecule has 1 saturated carbocycles. The minimum atomic E-state index is 0.253. The Hall–Kier alpha value is -0.740. The highest BCUT2D eigenvalue weighted by atomic mass is 15.0. The SMILES string of the molecule is C#CC(=C)C12CCC(CC1)NC2. The molecule has 0 aromatic rings. The van der Waals surface area contributed by atoms with Gasteiger partial charge in [0.15, 0.2) is 0 Å². The van der Waals surface area contributed by atoms with Crippen LogP contribution in [0.4, 0.5) is 0 Å². The topological polar surface area (TPSA) is 12.0 Å². The smallest absolute Gasteiger partial charge is 0.0152 e. The molecular weight excluding hydrogens is 146 g/mol. The highest BCUT2D eigenvalue weighted by Gasteiger charge is 2.41. The summed E-state index contributed by atoms with van der Waals surface area (Å²) in [5.41, 5.74) is 1.26. The summed E-state index contributed by atoms with van der Waals surface area (Å²) < 4.78 is 0. The van der Waals surface area contributed by atoms with Crippen molar-refractivity contribution in [3.8, 4) is 12.3 Å². The first-order chi connectivity index (χ1) is 5.77. The van der Waals surface area contributed by atoms with E-state index in [1.807, 2.05) is 0 Å². The van der Waals surface area contributed by atoms with Gasteiger partial charge in [-0.05, 0) is 25.7 Å². The van der Waals surface area contributed by atoms with Crippen molar-refractivity contribution in [3.05, 3.63) is 12.2 Å². The molecule has 2 aliphatic heterocycles. The number of piperidine rings is 2. The Kier molecular flexibility index (Phi) is 1.73. The van der Waals surface area contributed by atoms with Crippen molar-refractivity contribution in [1.29, 1.82) is 0 Å². The number of fused-ring (bicyclic) bond motifs is 3. The lowest BCUT2D eigenvalue weighted by Gasteiger charge is -2.47. The Bertz CT molecular complexity index is 224. The quantitative estimate of drug-likeness (QED) is 0.577. The second-order valence-electron chi connectivity index (χ2n) is 4.06. The van der Waals surface area contributed by atoms with Gasteiger partial charge in [0.05, 0.1) is 0 Å². The maximum atomic E-state index is 5.40. The molecule has 1 N–H and O–H groups in total. The lowest BCUT2D eigenvalue weighted by atomic mass is 9.65. The van der Waals surface area contributed by atoms with E-state index in [-0.39, 0.29) is 5.41 Å². The fraction of sp³-hybridized carbons (Fsp3) is 0.636. The third-order valence-electron chi connectivity index (χ3n) is 3.49. The third kappa shape index (κ3) is 0.990. The molecule has 0 radical (unpaired) electrons. The molecule has 1 heteroatoms. The number of nitrogens with one attached hydrogen (secondary N) is 1. The van der Waals surface area contributed by atoms with E-state index in [0.717, 1.165) is 18.2 Å². The fourth-order valence-electron chi connectivity index (χ4n) is 2.45. The van der Waals surface area contributed by atoms with Gasteiger partial charge in [0.2, 0.25) is 0 Å². The van der Waals surface area contributed by atoms with Gasteiger partial charge in [0.1, 0.15) is 0 Å². The molecular formula is C11H15N. The number of terminal acetylenes is 1. The first-order valence-electron chi connectivity index (χ1n) is 4.66. The van der Waals surface area contributed by atoms with Crippen LogP contribution in [0, 0.1) is 17.8 Å². The van der Waals surface area contributed by atoms with E-state index >= 15 is 0 Å². The van der Waals surface area contributed by atoms with Crippen LogP contribution in [0.2, 0.25) is 0 Å². The standard InChI is InChI=1S/C11H15N/c1-3-9(2)11-6-4-10(5-7-11)12-8-11/h1,10,12H,2,4-8H2. The first-order valence-corrected chi connectivity index (χ1v) is 4.66. The summed E-state index contributed by atoms with van der Waals surface area (Å²) in [6, 6.07) is 0.762. The van der Waals surface area contributed by atoms with E-state index in [1.165, 1.54) is 25.7 Å². The van der Waals surface area contributed by atoms with Crippen LogP contribution < -0.4 is 5.32 Å². The Morgan fingerprint density at radius 3 is 2.58 bits per heavy atom. The van der Waals surface area contributed by atoms with Crippen LogP contribution in [0.5, 0.6) is 0 Å². The van der Waals surface area contributed by atoms with Crippen molar-refractivity contribution in [2.75, 3.05) is 6.54 Å². The maximum Gasteiger partial charge on any atom is 0.0152 e. The van der Waals surface area contributed by atoms with Crippen LogP contribution in [0.15, 0.2) is 12.2 Å². The maximum absolute atomic E-state index is 5.40. The van der Waals surface area contributed by atoms with Crippen molar-refractivity contribution in [1.82, 2.24) is 5.32 Å². The highest BCUT2D eigenvalue weighted by molar-refractivity contribution is 5.32. The third-order valence-corrected chi connectivity index (χ3v) is 3.49. The second kappa shape index (κ2) is 2.64. The van der Waals surface area contributed by atoms with Gasteiger partial charge in [-0.2, -0.15) is 0 Å². The minimum absolute atomic E-state index is 0.253. The van der Waals surface area contributed by atoms with E-state index in [1.54, 1.807) is 0 Å². The van der Waals surface area contributed by atoms with E-state index < -0.39 is 0 Å². The summed E-state index contributed by atoms with van der Waals surface area (Å²) in [5, 5.41) is 3.52. The van der Waals surface area contributed by atoms with Crippen molar-refractivity contribution >= 4 is 0 Å². The molecule has 1 nitrogen and oxygen atoms in total. The summed E-state index contributed by atoms with van der Waals surface area (Å²) in [6.07, 6.45) is 10.4. The van der Waals surface area contributed by atoms with Gasteiger partial charge in [0.25, 0.3) is 0 Å². The van der Waals surface area contributed by atoms with Gasteiger partial charge in [0, 0.05) is 23.6 Å². The fourth-order valence-corrected chi connectivity index (χ4v) is 2.45. The molecule has 1 aliphatic carbocycles. The summed E-state index contributed by atoms with van der Waals surface area (Å²) in [4.78, 5) is 0. The highest BCUT2D eigenvalue weighted by Crippen LogP contribution is 2.44. The van der Waals surface area contributed by atoms with Gasteiger partial charge in [-0.3, -0.25) is 0 Å². The molecule has 0 unspecified atom stereocenters. The molecule has 2 heterocycles. The van der Waals surface area contributed by atoms with Crippen LogP contribution in [0.1, 0.15) is 25.7 Å². The Morgan fingerprint density at radius 2 is 2.17 bits per heavy atom. The molecule has 3 fully saturated rings. The van der Waals surface area contributed by atoms with Crippen molar-refractivity contribution in [2.24, 2.45) is 5.41 Å². The molecule has 0 aromatic heterocycles. The Labute approximate surface area is 74.2 Å². The Morgan fingerprint density at radius 1 is 1.50 bits per heavy atom. The van der Waals surface area contributed by atoms with Crippen LogP contribution in [-0.2, 0) is 0 Å². The predicted octanol–water partition coefficient (Wildman–Crippen LogP) is 1.71. The van der Waals surface area contributed by atoms with Crippen molar-refractivity contribution in [2.45, 2.75) is 31.7 Å². The van der Waals surface area contributed by atoms with Gasteiger partial charge < -0.3 is 5.32 Å². The molecule has 2 saturated heterocycles. The number of hydrogen-bond acceptors (Lipinski definition) is 1. The predicted molar refractivity (Wildman–Crippen MR) is 50.7 cm³/mol. The van der Waals surface area contributed by atoms with Crippen molar-refractivity contribution < 1.29 is 0 Å². The van der Waals surface area contributed by atoms with Crippen LogP contribution in [-0.4, -0.2) is 12.6 Å². The molecule has 2 bridgehead atoms. The molecule has 12 heavy (non-hydrogen) atoms.